The van der Waals surface area contributed by atoms with Crippen LogP contribution in [0.4, 0.5) is 0 Å². The number of benzene rings is 1. The van der Waals surface area contributed by atoms with Gasteiger partial charge in [0, 0.05) is 41.5 Å². The molecule has 18 heavy (non-hydrogen) atoms. The Labute approximate surface area is 111 Å². The van der Waals surface area contributed by atoms with Crippen LogP contribution in [-0.4, -0.2) is 19.8 Å². The second kappa shape index (κ2) is 3.55. The van der Waals surface area contributed by atoms with Gasteiger partial charge in [-0.1, -0.05) is 11.6 Å². The SMILES string of the molecule is NCC1(c2c3c(c(Cl)c4c2OCC4)OCC3)CC1. The fourth-order valence-corrected chi connectivity index (χ4v) is 3.67. The summed E-state index contributed by atoms with van der Waals surface area (Å²) in [6, 6.07) is 0. The van der Waals surface area contributed by atoms with Gasteiger partial charge in [0.25, 0.3) is 0 Å². The molecule has 0 aromatic heterocycles. The summed E-state index contributed by atoms with van der Waals surface area (Å²) in [5.74, 6) is 1.92. The molecule has 1 aromatic carbocycles. The highest BCUT2D eigenvalue weighted by molar-refractivity contribution is 6.33. The molecule has 1 aromatic rings. The van der Waals surface area contributed by atoms with Crippen molar-refractivity contribution in [3.05, 3.63) is 21.7 Å². The van der Waals surface area contributed by atoms with E-state index < -0.39 is 0 Å². The molecule has 0 spiro atoms. The van der Waals surface area contributed by atoms with Gasteiger partial charge in [0.15, 0.2) is 0 Å². The third-order valence-electron chi connectivity index (χ3n) is 4.51. The van der Waals surface area contributed by atoms with Crippen LogP contribution < -0.4 is 15.2 Å². The Bertz CT molecular complexity index is 502. The van der Waals surface area contributed by atoms with Gasteiger partial charge in [0.2, 0.25) is 0 Å². The quantitative estimate of drug-likeness (QED) is 0.892. The smallest absolute Gasteiger partial charge is 0.142 e. The Balaban J connectivity index is 2.02. The largest absolute Gasteiger partial charge is 0.493 e. The first-order valence-corrected chi connectivity index (χ1v) is 6.98. The van der Waals surface area contributed by atoms with Gasteiger partial charge in [-0.3, -0.25) is 0 Å². The van der Waals surface area contributed by atoms with Gasteiger partial charge in [-0.2, -0.15) is 0 Å². The van der Waals surface area contributed by atoms with Crippen LogP contribution in [0.2, 0.25) is 5.02 Å². The van der Waals surface area contributed by atoms with E-state index in [2.05, 4.69) is 0 Å². The van der Waals surface area contributed by atoms with Gasteiger partial charge in [-0.25, -0.2) is 0 Å². The van der Waals surface area contributed by atoms with Gasteiger partial charge in [-0.05, 0) is 12.8 Å². The Hall–Kier alpha value is -0.930. The predicted molar refractivity (Wildman–Crippen MR) is 69.8 cm³/mol. The Kier molecular flexibility index (Phi) is 2.16. The van der Waals surface area contributed by atoms with E-state index in [-0.39, 0.29) is 5.41 Å². The maximum atomic E-state index is 6.45. The van der Waals surface area contributed by atoms with Crippen molar-refractivity contribution < 1.29 is 9.47 Å². The van der Waals surface area contributed by atoms with Gasteiger partial charge >= 0.3 is 0 Å². The highest BCUT2D eigenvalue weighted by Gasteiger charge is 2.49. The zero-order valence-electron chi connectivity index (χ0n) is 10.2. The molecule has 2 heterocycles. The van der Waals surface area contributed by atoms with Crippen LogP contribution in [0.3, 0.4) is 0 Å². The number of hydrogen-bond acceptors (Lipinski definition) is 3. The third-order valence-corrected chi connectivity index (χ3v) is 4.91. The first kappa shape index (κ1) is 10.9. The minimum Gasteiger partial charge on any atom is -0.493 e. The van der Waals surface area contributed by atoms with Gasteiger partial charge in [-0.15, -0.1) is 0 Å². The summed E-state index contributed by atoms with van der Waals surface area (Å²) < 4.78 is 11.6. The van der Waals surface area contributed by atoms with Crippen LogP contribution in [0.25, 0.3) is 0 Å². The molecular weight excluding hydrogens is 250 g/mol. The highest BCUT2D eigenvalue weighted by Crippen LogP contribution is 2.58. The monoisotopic (exact) mass is 265 g/mol. The molecule has 0 bridgehead atoms. The molecule has 0 atom stereocenters. The lowest BCUT2D eigenvalue weighted by molar-refractivity contribution is 0.349. The summed E-state index contributed by atoms with van der Waals surface area (Å²) >= 11 is 6.45. The van der Waals surface area contributed by atoms with Crippen molar-refractivity contribution in [3.8, 4) is 11.5 Å². The maximum absolute atomic E-state index is 6.45. The van der Waals surface area contributed by atoms with Crippen LogP contribution in [0, 0.1) is 0 Å². The average molecular weight is 266 g/mol. The first-order chi connectivity index (χ1) is 8.77. The Morgan fingerprint density at radius 3 is 2.39 bits per heavy atom. The molecule has 3 aliphatic rings. The van der Waals surface area contributed by atoms with E-state index in [1.807, 2.05) is 0 Å². The average Bonchev–Trinajstić information content (AvgIpc) is 2.80. The Morgan fingerprint density at radius 2 is 1.72 bits per heavy atom. The number of nitrogens with two attached hydrogens (primary N) is 1. The van der Waals surface area contributed by atoms with Crippen LogP contribution in [-0.2, 0) is 18.3 Å². The van der Waals surface area contributed by atoms with E-state index >= 15 is 0 Å². The van der Waals surface area contributed by atoms with E-state index in [9.17, 15) is 0 Å². The molecule has 0 saturated heterocycles. The number of ether oxygens (including phenoxy) is 2. The molecular formula is C14H16ClNO2. The van der Waals surface area contributed by atoms with Crippen molar-refractivity contribution in [1.29, 1.82) is 0 Å². The second-order valence-corrected chi connectivity index (χ2v) is 5.86. The van der Waals surface area contributed by atoms with Gasteiger partial charge < -0.3 is 15.2 Å². The number of hydrogen-bond donors (Lipinski definition) is 1. The zero-order valence-corrected chi connectivity index (χ0v) is 11.0. The van der Waals surface area contributed by atoms with E-state index in [1.165, 1.54) is 11.1 Å². The molecule has 96 valence electrons. The summed E-state index contributed by atoms with van der Waals surface area (Å²) in [6.45, 7) is 2.15. The fraction of sp³-hybridized carbons (Fsp3) is 0.571. The molecule has 4 rings (SSSR count). The maximum Gasteiger partial charge on any atom is 0.142 e. The standard InChI is InChI=1S/C14H16ClNO2/c15-11-9-2-6-17-12(9)10(14(7-16)3-4-14)8-1-5-18-13(8)11/h1-7,16H2. The lowest BCUT2D eigenvalue weighted by Crippen LogP contribution is -2.22. The molecule has 1 fully saturated rings. The predicted octanol–water partition coefficient (Wildman–Crippen LogP) is 2.20. The molecule has 3 nitrogen and oxygen atoms in total. The topological polar surface area (TPSA) is 44.5 Å². The number of rotatable bonds is 2. The van der Waals surface area contributed by atoms with Crippen LogP contribution >= 0.6 is 11.6 Å². The van der Waals surface area contributed by atoms with Crippen LogP contribution in [0.1, 0.15) is 29.5 Å². The van der Waals surface area contributed by atoms with Crippen molar-refractivity contribution >= 4 is 11.6 Å². The van der Waals surface area contributed by atoms with Gasteiger partial charge in [0.05, 0.1) is 18.2 Å². The van der Waals surface area contributed by atoms with Crippen molar-refractivity contribution in [2.45, 2.75) is 31.1 Å². The molecule has 0 unspecified atom stereocenters. The lowest BCUT2D eigenvalue weighted by atomic mass is 9.87. The van der Waals surface area contributed by atoms with Crippen molar-refractivity contribution in [1.82, 2.24) is 0 Å². The normalized spacial score (nSPS) is 22.1. The summed E-state index contributed by atoms with van der Waals surface area (Å²) in [4.78, 5) is 0. The van der Waals surface area contributed by atoms with Gasteiger partial charge in [0.1, 0.15) is 11.5 Å². The lowest BCUT2D eigenvalue weighted by Gasteiger charge is -2.21. The molecule has 0 radical (unpaired) electrons. The molecule has 2 aliphatic heterocycles. The van der Waals surface area contributed by atoms with Crippen molar-refractivity contribution in [3.63, 3.8) is 0 Å². The number of halogens is 1. The van der Waals surface area contributed by atoms with E-state index in [4.69, 9.17) is 26.8 Å². The second-order valence-electron chi connectivity index (χ2n) is 5.49. The van der Waals surface area contributed by atoms with E-state index in [0.717, 1.165) is 61.0 Å². The zero-order chi connectivity index (χ0) is 12.3. The summed E-state index contributed by atoms with van der Waals surface area (Å²) in [5.41, 5.74) is 9.83. The molecule has 1 saturated carbocycles. The van der Waals surface area contributed by atoms with E-state index in [1.54, 1.807) is 0 Å². The Morgan fingerprint density at radius 1 is 1.06 bits per heavy atom. The fourth-order valence-electron chi connectivity index (χ4n) is 3.32. The summed E-state index contributed by atoms with van der Waals surface area (Å²) in [6.07, 6.45) is 4.14. The summed E-state index contributed by atoms with van der Waals surface area (Å²) in [5, 5.41) is 0.770. The highest BCUT2D eigenvalue weighted by atomic mass is 35.5. The molecule has 0 amide bonds. The molecule has 2 N–H and O–H groups in total. The molecule has 4 heteroatoms. The number of fused-ring (bicyclic) bond motifs is 2. The van der Waals surface area contributed by atoms with Crippen molar-refractivity contribution in [2.75, 3.05) is 19.8 Å². The molecule has 1 aliphatic carbocycles. The minimum atomic E-state index is 0.136. The van der Waals surface area contributed by atoms with Crippen LogP contribution in [0.5, 0.6) is 11.5 Å². The first-order valence-electron chi connectivity index (χ1n) is 6.60. The van der Waals surface area contributed by atoms with E-state index in [0.29, 0.717) is 6.54 Å². The van der Waals surface area contributed by atoms with Crippen LogP contribution in [0.15, 0.2) is 0 Å². The van der Waals surface area contributed by atoms with Crippen molar-refractivity contribution in [2.24, 2.45) is 5.73 Å². The minimum absolute atomic E-state index is 0.136. The third kappa shape index (κ3) is 1.24. The summed E-state index contributed by atoms with van der Waals surface area (Å²) in [7, 11) is 0.